The molecule has 0 unspecified atom stereocenters. The number of rotatable bonds is 2. The van der Waals surface area contributed by atoms with E-state index in [4.69, 9.17) is 5.11 Å². The fraction of sp³-hybridized carbons (Fsp3) is 0. The van der Waals surface area contributed by atoms with Gasteiger partial charge in [-0.05, 0) is 17.5 Å². The molecule has 0 amide bonds. The molecule has 3 rings (SSSR count). The van der Waals surface area contributed by atoms with Gasteiger partial charge in [0.2, 0.25) is 0 Å². The molecule has 0 spiro atoms. The fourth-order valence-electron chi connectivity index (χ4n) is 1.71. The molecule has 0 aromatic carbocycles. The van der Waals surface area contributed by atoms with Gasteiger partial charge in [-0.1, -0.05) is 0 Å². The zero-order valence-electron chi connectivity index (χ0n) is 9.17. The number of thiophene rings is 1. The minimum Gasteiger partial charge on any atom is -0.476 e. The number of aromatic nitrogens is 3. The summed E-state index contributed by atoms with van der Waals surface area (Å²) in [5, 5.41) is 14.5. The van der Waals surface area contributed by atoms with Crippen LogP contribution in [0.1, 0.15) is 10.5 Å². The molecule has 0 saturated carbocycles. The van der Waals surface area contributed by atoms with E-state index in [-0.39, 0.29) is 21.7 Å². The van der Waals surface area contributed by atoms with Gasteiger partial charge < -0.3 is 5.11 Å². The predicted octanol–water partition coefficient (Wildman–Crippen LogP) is 2.46. The fourth-order valence-corrected chi connectivity index (χ4v) is 2.44. The minimum absolute atomic E-state index is 0.0281. The van der Waals surface area contributed by atoms with E-state index >= 15 is 0 Å². The van der Waals surface area contributed by atoms with Gasteiger partial charge in [0.15, 0.2) is 22.2 Å². The number of carboxylic acids is 1. The molecular weight excluding hydrogens is 276 g/mol. The first kappa shape index (κ1) is 11.7. The normalized spacial score (nSPS) is 11.1. The molecule has 0 aliphatic rings. The van der Waals surface area contributed by atoms with Crippen LogP contribution in [0, 0.1) is 11.6 Å². The second-order valence-electron chi connectivity index (χ2n) is 3.66. The molecule has 0 saturated heterocycles. The average Bonchev–Trinajstić information content (AvgIpc) is 2.92. The van der Waals surface area contributed by atoms with Gasteiger partial charge in [0.05, 0.1) is 11.6 Å². The van der Waals surface area contributed by atoms with E-state index in [1.165, 1.54) is 11.4 Å². The van der Waals surface area contributed by atoms with Crippen molar-refractivity contribution < 1.29 is 18.7 Å². The van der Waals surface area contributed by atoms with Gasteiger partial charge in [-0.3, -0.25) is 0 Å². The van der Waals surface area contributed by atoms with E-state index in [1.54, 1.807) is 0 Å². The molecule has 8 heteroatoms. The number of carbonyl (C=O) groups is 1. The highest BCUT2D eigenvalue weighted by Gasteiger charge is 2.21. The SMILES string of the molecule is O=C(O)c1nn(-c2sccc2F)c2ncc(F)cc12. The van der Waals surface area contributed by atoms with Gasteiger partial charge in [0.25, 0.3) is 0 Å². The molecule has 0 bridgehead atoms. The second-order valence-corrected chi connectivity index (χ2v) is 4.56. The van der Waals surface area contributed by atoms with Gasteiger partial charge in [-0.15, -0.1) is 11.3 Å². The molecule has 5 nitrogen and oxygen atoms in total. The second kappa shape index (κ2) is 4.09. The van der Waals surface area contributed by atoms with Crippen LogP contribution in [0.15, 0.2) is 23.7 Å². The summed E-state index contributed by atoms with van der Waals surface area (Å²) in [6.07, 6.45) is 0.928. The summed E-state index contributed by atoms with van der Waals surface area (Å²) in [4.78, 5) is 14.9. The number of fused-ring (bicyclic) bond motifs is 1. The molecule has 3 aromatic heterocycles. The van der Waals surface area contributed by atoms with E-state index < -0.39 is 17.6 Å². The third-order valence-corrected chi connectivity index (χ3v) is 3.35. The monoisotopic (exact) mass is 281 g/mol. The predicted molar refractivity (Wildman–Crippen MR) is 63.6 cm³/mol. The Kier molecular flexibility index (Phi) is 2.53. The highest BCUT2D eigenvalue weighted by atomic mass is 32.1. The van der Waals surface area contributed by atoms with Gasteiger partial charge in [-0.25, -0.2) is 23.2 Å². The standard InChI is InChI=1S/C11H5F2N3O2S/c12-5-3-6-8(11(17)18)15-16(9(6)14-4-5)10-7(13)1-2-19-10/h1-4H,(H,17,18). The van der Waals surface area contributed by atoms with Gasteiger partial charge in [0, 0.05) is 0 Å². The van der Waals surface area contributed by atoms with Crippen LogP contribution in [0.5, 0.6) is 0 Å². The van der Waals surface area contributed by atoms with Gasteiger partial charge in [-0.2, -0.15) is 5.10 Å². The van der Waals surface area contributed by atoms with Crippen molar-refractivity contribution in [3.8, 4) is 5.00 Å². The molecule has 3 aromatic rings. The maximum absolute atomic E-state index is 13.6. The Morgan fingerprint density at radius 1 is 1.42 bits per heavy atom. The largest absolute Gasteiger partial charge is 0.476 e. The molecule has 19 heavy (non-hydrogen) atoms. The summed E-state index contributed by atoms with van der Waals surface area (Å²) in [6.45, 7) is 0. The first-order valence-electron chi connectivity index (χ1n) is 5.09. The molecule has 0 fully saturated rings. The molecule has 0 radical (unpaired) electrons. The maximum Gasteiger partial charge on any atom is 0.357 e. The van der Waals surface area contributed by atoms with Gasteiger partial charge >= 0.3 is 5.97 Å². The zero-order chi connectivity index (χ0) is 13.6. The van der Waals surface area contributed by atoms with Gasteiger partial charge in [0.1, 0.15) is 5.82 Å². The Morgan fingerprint density at radius 3 is 2.84 bits per heavy atom. The van der Waals surface area contributed by atoms with Crippen LogP contribution in [-0.4, -0.2) is 25.8 Å². The van der Waals surface area contributed by atoms with E-state index in [0.717, 1.165) is 28.3 Å². The summed E-state index contributed by atoms with van der Waals surface area (Å²) < 4.78 is 27.8. The van der Waals surface area contributed by atoms with Crippen LogP contribution in [0.3, 0.4) is 0 Å². The summed E-state index contributed by atoms with van der Waals surface area (Å²) >= 11 is 1.05. The molecular formula is C11H5F2N3O2S. The number of hydrogen-bond donors (Lipinski definition) is 1. The van der Waals surface area contributed by atoms with E-state index in [9.17, 15) is 13.6 Å². The first-order chi connectivity index (χ1) is 9.08. The lowest BCUT2D eigenvalue weighted by molar-refractivity contribution is 0.0692. The van der Waals surface area contributed by atoms with Crippen LogP contribution >= 0.6 is 11.3 Å². The third kappa shape index (κ3) is 1.76. The minimum atomic E-state index is -1.33. The topological polar surface area (TPSA) is 68.0 Å². The lowest BCUT2D eigenvalue weighted by Gasteiger charge is -1.98. The summed E-state index contributed by atoms with van der Waals surface area (Å²) in [6, 6.07) is 2.25. The Bertz CT molecular complexity index is 796. The lowest BCUT2D eigenvalue weighted by atomic mass is 10.2. The Labute approximate surface area is 108 Å². The van der Waals surface area contributed by atoms with Crippen molar-refractivity contribution in [2.45, 2.75) is 0 Å². The third-order valence-electron chi connectivity index (χ3n) is 2.48. The van der Waals surface area contributed by atoms with Crippen molar-refractivity contribution >= 4 is 28.3 Å². The van der Waals surface area contributed by atoms with Crippen molar-refractivity contribution in [2.24, 2.45) is 0 Å². The lowest BCUT2D eigenvalue weighted by Crippen LogP contribution is -2.01. The Balaban J connectivity index is 2.38. The molecule has 0 aliphatic heterocycles. The van der Waals surface area contributed by atoms with E-state index in [0.29, 0.717) is 0 Å². The maximum atomic E-state index is 13.6. The van der Waals surface area contributed by atoms with Crippen molar-refractivity contribution in [2.75, 3.05) is 0 Å². The smallest absolute Gasteiger partial charge is 0.357 e. The zero-order valence-corrected chi connectivity index (χ0v) is 9.99. The van der Waals surface area contributed by atoms with Crippen LogP contribution in [-0.2, 0) is 0 Å². The molecule has 96 valence electrons. The van der Waals surface area contributed by atoms with E-state index in [1.807, 2.05) is 0 Å². The van der Waals surface area contributed by atoms with Crippen LogP contribution in [0.4, 0.5) is 8.78 Å². The first-order valence-corrected chi connectivity index (χ1v) is 5.97. The summed E-state index contributed by atoms with van der Waals surface area (Å²) in [5.74, 6) is -2.55. The summed E-state index contributed by atoms with van der Waals surface area (Å²) in [5.41, 5.74) is -0.269. The number of aromatic carboxylic acids is 1. The van der Waals surface area contributed by atoms with Crippen LogP contribution in [0.25, 0.3) is 16.0 Å². The van der Waals surface area contributed by atoms with E-state index in [2.05, 4.69) is 10.1 Å². The van der Waals surface area contributed by atoms with Crippen molar-refractivity contribution in [1.29, 1.82) is 0 Å². The average molecular weight is 281 g/mol. The van der Waals surface area contributed by atoms with Crippen molar-refractivity contribution in [1.82, 2.24) is 14.8 Å². The number of halogens is 2. The highest BCUT2D eigenvalue weighted by molar-refractivity contribution is 7.12. The molecule has 0 aliphatic carbocycles. The molecule has 1 N–H and O–H groups in total. The summed E-state index contributed by atoms with van der Waals surface area (Å²) in [7, 11) is 0. The van der Waals surface area contributed by atoms with Crippen LogP contribution in [0.2, 0.25) is 0 Å². The quantitative estimate of drug-likeness (QED) is 0.783. The Morgan fingerprint density at radius 2 is 2.21 bits per heavy atom. The molecule has 0 atom stereocenters. The number of hydrogen-bond acceptors (Lipinski definition) is 4. The Hall–Kier alpha value is -2.35. The van der Waals surface area contributed by atoms with Crippen molar-refractivity contribution in [3.05, 3.63) is 41.0 Å². The van der Waals surface area contributed by atoms with Crippen LogP contribution < -0.4 is 0 Å². The number of nitrogens with zero attached hydrogens (tertiary/aromatic N) is 3. The highest BCUT2D eigenvalue weighted by Crippen LogP contribution is 2.26. The number of pyridine rings is 1. The number of carboxylic acid groups (broad SMARTS) is 1. The van der Waals surface area contributed by atoms with Crippen molar-refractivity contribution in [3.63, 3.8) is 0 Å². The molecule has 3 heterocycles.